The Kier molecular flexibility index (Phi) is 6.21. The second-order valence-corrected chi connectivity index (χ2v) is 7.65. The number of piperidine rings is 1. The fourth-order valence-corrected chi connectivity index (χ4v) is 3.98. The number of nitrogens with one attached hydrogen (secondary N) is 2. The minimum atomic E-state index is -0.380. The van der Waals surface area contributed by atoms with E-state index < -0.39 is 0 Å². The Balaban J connectivity index is 1.40. The maximum Gasteiger partial charge on any atom is 0.410 e. The maximum atomic E-state index is 12.7. The van der Waals surface area contributed by atoms with Gasteiger partial charge in [-0.05, 0) is 34.4 Å². The van der Waals surface area contributed by atoms with Crippen molar-refractivity contribution in [1.82, 2.24) is 25.5 Å². The van der Waals surface area contributed by atoms with Gasteiger partial charge < -0.3 is 9.64 Å². The van der Waals surface area contributed by atoms with E-state index in [4.69, 9.17) is 4.74 Å². The molecule has 0 aliphatic carbocycles. The molecule has 3 aromatic rings. The Morgan fingerprint density at radius 2 is 1.71 bits per heavy atom. The second-order valence-electron chi connectivity index (χ2n) is 7.65. The smallest absolute Gasteiger partial charge is 0.410 e. The number of hydrogen-bond acceptors (Lipinski definition) is 6. The molecule has 1 fully saturated rings. The Labute approximate surface area is 179 Å². The first-order chi connectivity index (χ1) is 15.1. The number of tetrazole rings is 1. The van der Waals surface area contributed by atoms with E-state index in [1.807, 2.05) is 60.7 Å². The summed E-state index contributed by atoms with van der Waals surface area (Å²) in [6, 6.07) is 19.6. The van der Waals surface area contributed by atoms with Crippen molar-refractivity contribution < 1.29 is 14.3 Å². The van der Waals surface area contributed by atoms with Crippen molar-refractivity contribution in [2.45, 2.75) is 31.3 Å². The van der Waals surface area contributed by atoms with Gasteiger partial charge in [-0.2, -0.15) is 0 Å². The third kappa shape index (κ3) is 5.06. The van der Waals surface area contributed by atoms with E-state index in [2.05, 4.69) is 25.9 Å². The van der Waals surface area contributed by atoms with Crippen LogP contribution in [-0.4, -0.2) is 50.6 Å². The summed E-state index contributed by atoms with van der Waals surface area (Å²) in [5, 5.41) is 15.9. The van der Waals surface area contributed by atoms with E-state index in [0.29, 0.717) is 25.9 Å². The molecule has 1 aliphatic rings. The molecule has 1 aromatic heterocycles. The fraction of sp³-hybridized carbons (Fsp3) is 0.318. The number of carbonyl (C=O) groups is 2. The topological polar surface area (TPSA) is 113 Å². The highest BCUT2D eigenvalue weighted by Gasteiger charge is 2.39. The first-order valence-corrected chi connectivity index (χ1v) is 10.2. The number of aromatic amines is 1. The van der Waals surface area contributed by atoms with Crippen LogP contribution in [0.2, 0.25) is 0 Å². The lowest BCUT2D eigenvalue weighted by molar-refractivity contribution is -0.117. The van der Waals surface area contributed by atoms with E-state index in [0.717, 1.165) is 11.1 Å². The average Bonchev–Trinajstić information content (AvgIpc) is 3.32. The third-order valence-corrected chi connectivity index (χ3v) is 5.67. The molecule has 2 N–H and O–H groups in total. The molecule has 0 unspecified atom stereocenters. The highest BCUT2D eigenvalue weighted by Crippen LogP contribution is 2.39. The summed E-state index contributed by atoms with van der Waals surface area (Å²) in [6.07, 6.45) is 1.24. The lowest BCUT2D eigenvalue weighted by Crippen LogP contribution is -2.46. The van der Waals surface area contributed by atoms with E-state index >= 15 is 0 Å². The number of benzene rings is 2. The van der Waals surface area contributed by atoms with Gasteiger partial charge >= 0.3 is 6.09 Å². The number of nitrogens with zero attached hydrogens (tertiary/aromatic N) is 4. The zero-order valence-corrected chi connectivity index (χ0v) is 17.0. The maximum absolute atomic E-state index is 12.7. The van der Waals surface area contributed by atoms with Gasteiger partial charge in [0.05, 0.1) is 0 Å². The number of H-pyrrole nitrogens is 1. The molecule has 4 rings (SSSR count). The second kappa shape index (κ2) is 9.38. The van der Waals surface area contributed by atoms with Crippen molar-refractivity contribution in [2.24, 2.45) is 0 Å². The minimum absolute atomic E-state index is 0.178. The number of rotatable bonds is 6. The molecule has 31 heavy (non-hydrogen) atoms. The molecule has 2 aromatic carbocycles. The molecule has 0 spiro atoms. The molecule has 0 atom stereocenters. The van der Waals surface area contributed by atoms with Gasteiger partial charge in [0.2, 0.25) is 11.9 Å². The van der Waals surface area contributed by atoms with E-state index in [1.54, 1.807) is 4.90 Å². The van der Waals surface area contributed by atoms with Crippen LogP contribution in [0.25, 0.3) is 0 Å². The van der Waals surface area contributed by atoms with Crippen LogP contribution in [0.5, 0.6) is 0 Å². The minimum Gasteiger partial charge on any atom is -0.445 e. The largest absolute Gasteiger partial charge is 0.445 e. The SMILES string of the molecule is O=C(CC1(c2ccccc2)CCN(C(=O)OCc2ccccc2)CC1)Nc1nnn[nH]1. The summed E-state index contributed by atoms with van der Waals surface area (Å²) >= 11 is 0. The molecule has 2 amide bonds. The molecule has 9 heteroatoms. The molecule has 0 radical (unpaired) electrons. The monoisotopic (exact) mass is 420 g/mol. The van der Waals surface area contributed by atoms with Gasteiger partial charge in [-0.15, -0.1) is 0 Å². The predicted molar refractivity (Wildman–Crippen MR) is 113 cm³/mol. The Morgan fingerprint density at radius 3 is 2.35 bits per heavy atom. The molecule has 0 bridgehead atoms. The van der Waals surface area contributed by atoms with Gasteiger partial charge in [0, 0.05) is 24.9 Å². The predicted octanol–water partition coefficient (Wildman–Crippen LogP) is 2.90. The number of hydrogen-bond donors (Lipinski definition) is 2. The molecule has 1 aliphatic heterocycles. The first kappa shape index (κ1) is 20.5. The Morgan fingerprint density at radius 1 is 1.03 bits per heavy atom. The van der Waals surface area contributed by atoms with Gasteiger partial charge in [0.25, 0.3) is 0 Å². The number of likely N-dealkylation sites (tertiary alicyclic amines) is 1. The summed E-state index contributed by atoms with van der Waals surface area (Å²) in [4.78, 5) is 27.0. The van der Waals surface area contributed by atoms with E-state index in [1.165, 1.54) is 0 Å². The van der Waals surface area contributed by atoms with Crippen LogP contribution in [0.1, 0.15) is 30.4 Å². The fourth-order valence-electron chi connectivity index (χ4n) is 3.98. The van der Waals surface area contributed by atoms with Crippen molar-refractivity contribution in [1.29, 1.82) is 0 Å². The number of carbonyl (C=O) groups excluding carboxylic acids is 2. The molecule has 160 valence electrons. The molecule has 2 heterocycles. The van der Waals surface area contributed by atoms with Crippen molar-refractivity contribution in [3.05, 3.63) is 71.8 Å². The van der Waals surface area contributed by atoms with Gasteiger partial charge in [-0.25, -0.2) is 9.89 Å². The van der Waals surface area contributed by atoms with Crippen molar-refractivity contribution in [3.63, 3.8) is 0 Å². The van der Waals surface area contributed by atoms with Crippen LogP contribution < -0.4 is 5.32 Å². The van der Waals surface area contributed by atoms with Crippen LogP contribution in [0.3, 0.4) is 0 Å². The summed E-state index contributed by atoms with van der Waals surface area (Å²) in [5.41, 5.74) is 1.65. The Hall–Kier alpha value is -3.75. The summed E-state index contributed by atoms with van der Waals surface area (Å²) < 4.78 is 5.47. The third-order valence-electron chi connectivity index (χ3n) is 5.67. The van der Waals surface area contributed by atoms with Gasteiger partial charge in [-0.3, -0.25) is 10.1 Å². The lowest BCUT2D eigenvalue weighted by atomic mass is 9.70. The van der Waals surface area contributed by atoms with Crippen LogP contribution in [0, 0.1) is 0 Å². The molecular weight excluding hydrogens is 396 g/mol. The zero-order chi connectivity index (χ0) is 21.5. The molecule has 1 saturated heterocycles. The van der Waals surface area contributed by atoms with Crippen molar-refractivity contribution in [3.8, 4) is 0 Å². The number of aromatic nitrogens is 4. The van der Waals surface area contributed by atoms with Crippen LogP contribution in [0.4, 0.5) is 10.7 Å². The van der Waals surface area contributed by atoms with Crippen molar-refractivity contribution in [2.75, 3.05) is 18.4 Å². The van der Waals surface area contributed by atoms with E-state index in [-0.39, 0.29) is 36.4 Å². The molecular formula is C22H24N6O3. The van der Waals surface area contributed by atoms with Gasteiger partial charge in [0.15, 0.2) is 0 Å². The van der Waals surface area contributed by atoms with E-state index in [9.17, 15) is 9.59 Å². The van der Waals surface area contributed by atoms with Gasteiger partial charge in [-0.1, -0.05) is 65.8 Å². The number of ether oxygens (including phenoxy) is 1. The lowest BCUT2D eigenvalue weighted by Gasteiger charge is -2.41. The summed E-state index contributed by atoms with van der Waals surface area (Å²) in [7, 11) is 0. The summed E-state index contributed by atoms with van der Waals surface area (Å²) in [5.74, 6) is 0.0395. The van der Waals surface area contributed by atoms with Crippen LogP contribution in [-0.2, 0) is 21.6 Å². The van der Waals surface area contributed by atoms with Gasteiger partial charge in [0.1, 0.15) is 6.61 Å². The standard InChI is InChI=1S/C22H24N6O3/c29-19(23-20-24-26-27-25-20)15-22(18-9-5-2-6-10-18)11-13-28(14-12-22)21(30)31-16-17-7-3-1-4-8-17/h1-10H,11-16H2,(H2,23,24,25,26,27,29). The normalized spacial score (nSPS) is 15.3. The highest BCUT2D eigenvalue weighted by atomic mass is 16.6. The Bertz CT molecular complexity index is 987. The van der Waals surface area contributed by atoms with Crippen molar-refractivity contribution >= 4 is 17.9 Å². The number of amides is 2. The molecule has 0 saturated carbocycles. The quantitative estimate of drug-likeness (QED) is 0.634. The zero-order valence-electron chi connectivity index (χ0n) is 17.0. The average molecular weight is 420 g/mol. The summed E-state index contributed by atoms with van der Waals surface area (Å²) in [6.45, 7) is 1.27. The first-order valence-electron chi connectivity index (χ1n) is 10.2. The van der Waals surface area contributed by atoms with Crippen LogP contribution >= 0.6 is 0 Å². The number of anilines is 1. The van der Waals surface area contributed by atoms with Crippen LogP contribution in [0.15, 0.2) is 60.7 Å². The molecule has 9 nitrogen and oxygen atoms in total. The highest BCUT2D eigenvalue weighted by molar-refractivity contribution is 5.90.